The van der Waals surface area contributed by atoms with E-state index in [0.717, 1.165) is 17.7 Å². The van der Waals surface area contributed by atoms with Gasteiger partial charge < -0.3 is 9.84 Å². The minimum absolute atomic E-state index is 0.151. The number of aliphatic hydroxyl groups is 1. The zero-order valence-electron chi connectivity index (χ0n) is 9.59. The Kier molecular flexibility index (Phi) is 2.65. The van der Waals surface area contributed by atoms with E-state index in [0.29, 0.717) is 0 Å². The Morgan fingerprint density at radius 2 is 2.24 bits per heavy atom. The molecule has 2 atom stereocenters. The second-order valence-electron chi connectivity index (χ2n) is 4.40. The Balaban J connectivity index is 1.80. The highest BCUT2D eigenvalue weighted by Crippen LogP contribution is 2.34. The van der Waals surface area contributed by atoms with Crippen LogP contribution in [-0.2, 0) is 6.42 Å². The summed E-state index contributed by atoms with van der Waals surface area (Å²) in [6, 6.07) is 10.0. The molecule has 2 aromatic rings. The summed E-state index contributed by atoms with van der Waals surface area (Å²) in [5, 5.41) is 12.3. The molecule has 2 heterocycles. The van der Waals surface area contributed by atoms with Crippen LogP contribution in [0.3, 0.4) is 0 Å². The summed E-state index contributed by atoms with van der Waals surface area (Å²) in [7, 11) is 0. The van der Waals surface area contributed by atoms with Gasteiger partial charge >= 0.3 is 0 Å². The number of para-hydroxylation sites is 1. The quantitative estimate of drug-likeness (QED) is 0.882. The Hall–Kier alpha value is -1.32. The summed E-state index contributed by atoms with van der Waals surface area (Å²) in [6.07, 6.45) is 0.0976. The van der Waals surface area contributed by atoms with Gasteiger partial charge in [-0.2, -0.15) is 0 Å². The molecule has 17 heavy (non-hydrogen) atoms. The van der Waals surface area contributed by atoms with Crippen LogP contribution >= 0.6 is 11.3 Å². The second kappa shape index (κ2) is 4.17. The van der Waals surface area contributed by atoms with Crippen LogP contribution in [0.25, 0.3) is 0 Å². The first-order chi connectivity index (χ1) is 8.24. The fourth-order valence-electron chi connectivity index (χ4n) is 2.22. The van der Waals surface area contributed by atoms with Gasteiger partial charge in [0.25, 0.3) is 0 Å². The average molecular weight is 246 g/mol. The van der Waals surface area contributed by atoms with Gasteiger partial charge in [0.15, 0.2) is 0 Å². The van der Waals surface area contributed by atoms with Gasteiger partial charge in [0.05, 0.1) is 0 Å². The molecule has 0 amide bonds. The van der Waals surface area contributed by atoms with Gasteiger partial charge in [-0.1, -0.05) is 18.2 Å². The van der Waals surface area contributed by atoms with Gasteiger partial charge in [0.2, 0.25) is 0 Å². The number of benzene rings is 1. The van der Waals surface area contributed by atoms with Crippen LogP contribution in [0.4, 0.5) is 0 Å². The lowest BCUT2D eigenvalue weighted by Gasteiger charge is -2.16. The van der Waals surface area contributed by atoms with Crippen molar-refractivity contribution in [2.75, 3.05) is 0 Å². The van der Waals surface area contributed by atoms with E-state index in [4.69, 9.17) is 4.74 Å². The maximum Gasteiger partial charge on any atom is 0.133 e. The van der Waals surface area contributed by atoms with E-state index in [2.05, 4.69) is 6.07 Å². The van der Waals surface area contributed by atoms with Crippen molar-refractivity contribution < 1.29 is 9.84 Å². The van der Waals surface area contributed by atoms with Crippen LogP contribution in [0, 0.1) is 6.92 Å². The Bertz CT molecular complexity index is 508. The molecule has 0 bridgehead atoms. The number of thiophene rings is 1. The molecule has 0 saturated carbocycles. The third-order valence-corrected chi connectivity index (χ3v) is 4.00. The van der Waals surface area contributed by atoms with Gasteiger partial charge in [-0.25, -0.2) is 0 Å². The predicted octanol–water partition coefficient (Wildman–Crippen LogP) is 3.09. The Morgan fingerprint density at radius 3 is 2.94 bits per heavy atom. The lowest BCUT2D eigenvalue weighted by molar-refractivity contribution is 0.0495. The minimum atomic E-state index is -0.535. The molecule has 0 saturated heterocycles. The van der Waals surface area contributed by atoms with Crippen molar-refractivity contribution in [3.63, 3.8) is 0 Å². The fourth-order valence-corrected chi connectivity index (χ4v) is 2.95. The predicted molar refractivity (Wildman–Crippen MR) is 68.6 cm³/mol. The van der Waals surface area contributed by atoms with Gasteiger partial charge in [-0.15, -0.1) is 11.3 Å². The highest BCUT2D eigenvalue weighted by molar-refractivity contribution is 7.10. The van der Waals surface area contributed by atoms with E-state index < -0.39 is 6.10 Å². The maximum atomic E-state index is 10.3. The van der Waals surface area contributed by atoms with E-state index in [1.54, 1.807) is 11.3 Å². The van der Waals surface area contributed by atoms with Crippen LogP contribution in [0.2, 0.25) is 0 Å². The molecular formula is C14H14O2S. The number of hydrogen-bond acceptors (Lipinski definition) is 3. The number of ether oxygens (including phenoxy) is 1. The number of fused-ring (bicyclic) bond motifs is 1. The van der Waals surface area contributed by atoms with Crippen LogP contribution in [0.5, 0.6) is 5.75 Å². The third kappa shape index (κ3) is 1.96. The molecule has 0 aliphatic carbocycles. The van der Waals surface area contributed by atoms with Crippen molar-refractivity contribution >= 4 is 11.3 Å². The van der Waals surface area contributed by atoms with Gasteiger partial charge in [0, 0.05) is 11.3 Å². The van der Waals surface area contributed by atoms with Gasteiger partial charge in [-0.3, -0.25) is 0 Å². The molecule has 1 aromatic carbocycles. The zero-order chi connectivity index (χ0) is 11.8. The van der Waals surface area contributed by atoms with E-state index in [9.17, 15) is 5.11 Å². The summed E-state index contributed by atoms with van der Waals surface area (Å²) in [5.74, 6) is 0.906. The normalized spacial score (nSPS) is 19.8. The second-order valence-corrected chi connectivity index (χ2v) is 5.52. The smallest absolute Gasteiger partial charge is 0.133 e. The van der Waals surface area contributed by atoms with Crippen molar-refractivity contribution in [3.8, 4) is 5.75 Å². The molecule has 2 unspecified atom stereocenters. The molecule has 1 aromatic heterocycles. The third-order valence-electron chi connectivity index (χ3n) is 3.12. The van der Waals surface area contributed by atoms with Crippen molar-refractivity contribution in [1.82, 2.24) is 0 Å². The first-order valence-electron chi connectivity index (χ1n) is 5.72. The van der Waals surface area contributed by atoms with E-state index >= 15 is 0 Å². The minimum Gasteiger partial charge on any atom is -0.487 e. The van der Waals surface area contributed by atoms with Gasteiger partial charge in [-0.05, 0) is 35.6 Å². The lowest BCUT2D eigenvalue weighted by Crippen LogP contribution is -2.22. The lowest BCUT2D eigenvalue weighted by atomic mass is 10.0. The van der Waals surface area contributed by atoms with Crippen LogP contribution in [0.1, 0.15) is 22.1 Å². The highest BCUT2D eigenvalue weighted by atomic mass is 32.1. The standard InChI is InChI=1S/C14H14O2S/c1-9-6-11(8-17-9)14(15)13-7-10-4-2-3-5-12(10)16-13/h2-6,8,13-15H,7H2,1H3. The zero-order valence-corrected chi connectivity index (χ0v) is 10.4. The molecular weight excluding hydrogens is 232 g/mol. The van der Waals surface area contributed by atoms with E-state index in [-0.39, 0.29) is 6.10 Å². The molecule has 2 nitrogen and oxygen atoms in total. The Morgan fingerprint density at radius 1 is 1.41 bits per heavy atom. The SMILES string of the molecule is Cc1cc(C(O)C2Cc3ccccc3O2)cs1. The fraction of sp³-hybridized carbons (Fsp3) is 0.286. The average Bonchev–Trinajstić information content (AvgIpc) is 2.93. The largest absolute Gasteiger partial charge is 0.487 e. The molecule has 0 spiro atoms. The van der Waals surface area contributed by atoms with Crippen molar-refractivity contribution in [3.05, 3.63) is 51.7 Å². The van der Waals surface area contributed by atoms with Crippen LogP contribution in [0.15, 0.2) is 35.7 Å². The Labute approximate surface area is 104 Å². The molecule has 0 radical (unpaired) electrons. The topological polar surface area (TPSA) is 29.5 Å². The summed E-state index contributed by atoms with van der Waals surface area (Å²) in [4.78, 5) is 1.22. The van der Waals surface area contributed by atoms with Crippen molar-refractivity contribution in [2.24, 2.45) is 0 Å². The first-order valence-corrected chi connectivity index (χ1v) is 6.59. The van der Waals surface area contributed by atoms with E-state index in [1.807, 2.05) is 36.6 Å². The van der Waals surface area contributed by atoms with Crippen LogP contribution < -0.4 is 4.74 Å². The molecule has 3 rings (SSSR count). The van der Waals surface area contributed by atoms with E-state index in [1.165, 1.54) is 10.4 Å². The summed E-state index contributed by atoms with van der Waals surface area (Å²) in [6.45, 7) is 2.05. The maximum absolute atomic E-state index is 10.3. The molecule has 88 valence electrons. The number of aryl methyl sites for hydroxylation is 1. The molecule has 1 aliphatic rings. The summed E-state index contributed by atoms with van der Waals surface area (Å²) in [5.41, 5.74) is 2.15. The van der Waals surface area contributed by atoms with Crippen molar-refractivity contribution in [2.45, 2.75) is 25.6 Å². The van der Waals surface area contributed by atoms with Crippen LogP contribution in [-0.4, -0.2) is 11.2 Å². The molecule has 3 heteroatoms. The number of rotatable bonds is 2. The first kappa shape index (κ1) is 10.8. The monoisotopic (exact) mass is 246 g/mol. The summed E-state index contributed by atoms with van der Waals surface area (Å²) < 4.78 is 5.79. The molecule has 1 N–H and O–H groups in total. The highest BCUT2D eigenvalue weighted by Gasteiger charge is 2.30. The van der Waals surface area contributed by atoms with Crippen molar-refractivity contribution in [1.29, 1.82) is 0 Å². The number of hydrogen-bond donors (Lipinski definition) is 1. The molecule has 1 aliphatic heterocycles. The molecule has 0 fully saturated rings. The summed E-state index contributed by atoms with van der Waals surface area (Å²) >= 11 is 1.66. The number of aliphatic hydroxyl groups excluding tert-OH is 1. The van der Waals surface area contributed by atoms with Gasteiger partial charge in [0.1, 0.15) is 18.0 Å².